The Morgan fingerprint density at radius 3 is 2.48 bits per heavy atom. The molecule has 0 heterocycles. The molecule has 5 heteroatoms. The number of fused-ring (bicyclic) bond motifs is 1. The second-order valence-corrected chi connectivity index (χ2v) is 4.68. The van der Waals surface area contributed by atoms with Gasteiger partial charge in [0.05, 0.1) is 11.3 Å². The predicted molar refractivity (Wildman–Crippen MR) is 82.7 cm³/mol. The molecule has 21 heavy (non-hydrogen) atoms. The minimum Gasteiger partial charge on any atom is -0.506 e. The van der Waals surface area contributed by atoms with Crippen molar-refractivity contribution in [3.05, 3.63) is 35.9 Å². The summed E-state index contributed by atoms with van der Waals surface area (Å²) in [6.07, 6.45) is 0. The van der Waals surface area contributed by atoms with Crippen LogP contribution in [0.3, 0.4) is 0 Å². The monoisotopic (exact) mass is 286 g/mol. The van der Waals surface area contributed by atoms with Gasteiger partial charge in [-0.25, -0.2) is 0 Å². The third-order valence-electron chi connectivity index (χ3n) is 3.47. The summed E-state index contributed by atoms with van der Waals surface area (Å²) in [6.45, 7) is 3.92. The van der Waals surface area contributed by atoms with Crippen LogP contribution in [0.15, 0.2) is 30.3 Å². The molecule has 0 saturated heterocycles. The van der Waals surface area contributed by atoms with Crippen molar-refractivity contribution in [2.24, 2.45) is 0 Å². The number of hydrogen-bond acceptors (Lipinski definition) is 3. The number of amides is 2. The lowest BCUT2D eigenvalue weighted by Gasteiger charge is -2.21. The lowest BCUT2D eigenvalue weighted by Crippen LogP contribution is -2.28. The van der Waals surface area contributed by atoms with Gasteiger partial charge in [0.1, 0.15) is 5.75 Å². The highest BCUT2D eigenvalue weighted by atomic mass is 16.3. The van der Waals surface area contributed by atoms with Crippen LogP contribution in [0.5, 0.6) is 5.75 Å². The average molecular weight is 286 g/mol. The summed E-state index contributed by atoms with van der Waals surface area (Å²) >= 11 is 0. The lowest BCUT2D eigenvalue weighted by atomic mass is 10.0. The molecule has 0 fully saturated rings. The zero-order valence-corrected chi connectivity index (χ0v) is 12.3. The van der Waals surface area contributed by atoms with E-state index in [0.717, 1.165) is 11.1 Å². The third kappa shape index (κ3) is 2.54. The molecule has 2 aromatic carbocycles. The summed E-state index contributed by atoms with van der Waals surface area (Å²) < 4.78 is 0. The Hall–Kier alpha value is -2.56. The average Bonchev–Trinajstić information content (AvgIpc) is 2.48. The Morgan fingerprint density at radius 1 is 1.19 bits per heavy atom. The first-order chi connectivity index (χ1) is 10.0. The van der Waals surface area contributed by atoms with Crippen LogP contribution in [-0.2, 0) is 4.79 Å². The van der Waals surface area contributed by atoms with Crippen LogP contribution in [0.4, 0.5) is 5.69 Å². The fourth-order valence-corrected chi connectivity index (χ4v) is 2.44. The minimum atomic E-state index is -0.348. The topological polar surface area (TPSA) is 69.6 Å². The van der Waals surface area contributed by atoms with Crippen molar-refractivity contribution < 1.29 is 14.7 Å². The third-order valence-corrected chi connectivity index (χ3v) is 3.47. The van der Waals surface area contributed by atoms with Gasteiger partial charge in [-0.05, 0) is 19.1 Å². The van der Waals surface area contributed by atoms with Crippen LogP contribution in [0.25, 0.3) is 10.8 Å². The lowest BCUT2D eigenvalue weighted by molar-refractivity contribution is -0.116. The van der Waals surface area contributed by atoms with Crippen molar-refractivity contribution in [2.75, 3.05) is 18.5 Å². The molecule has 0 atom stereocenters. The highest BCUT2D eigenvalue weighted by Gasteiger charge is 2.17. The zero-order valence-electron chi connectivity index (χ0n) is 12.3. The molecule has 2 N–H and O–H groups in total. The number of anilines is 1. The van der Waals surface area contributed by atoms with Gasteiger partial charge in [-0.2, -0.15) is 0 Å². The van der Waals surface area contributed by atoms with E-state index in [4.69, 9.17) is 0 Å². The zero-order chi connectivity index (χ0) is 15.6. The fraction of sp³-hybridized carbons (Fsp3) is 0.250. The number of carbonyl (C=O) groups is 2. The van der Waals surface area contributed by atoms with E-state index >= 15 is 0 Å². The summed E-state index contributed by atoms with van der Waals surface area (Å²) in [5.74, 6) is -0.494. The fourth-order valence-electron chi connectivity index (χ4n) is 2.44. The van der Waals surface area contributed by atoms with Crippen molar-refractivity contribution in [1.82, 2.24) is 5.32 Å². The smallest absolute Gasteiger partial charge is 0.254 e. The molecule has 0 saturated carbocycles. The van der Waals surface area contributed by atoms with E-state index in [0.29, 0.717) is 11.9 Å². The number of rotatable bonds is 3. The quantitative estimate of drug-likeness (QED) is 0.909. The molecule has 2 aromatic rings. The van der Waals surface area contributed by atoms with Gasteiger partial charge in [0.15, 0.2) is 0 Å². The molecule has 0 aliphatic rings. The van der Waals surface area contributed by atoms with Gasteiger partial charge in [-0.1, -0.05) is 18.2 Å². The normalized spacial score (nSPS) is 10.4. The standard InChI is InChI=1S/C16H18N2O3/c1-4-18(10(2)19)14-7-5-6-12-11(14)8-9-13(15(12)20)16(21)17-3/h5-9,20H,4H2,1-3H3,(H,17,21). The molecule has 0 aliphatic heterocycles. The van der Waals surface area contributed by atoms with Crippen LogP contribution >= 0.6 is 0 Å². The Bertz CT molecular complexity index is 710. The first-order valence-electron chi connectivity index (χ1n) is 6.76. The van der Waals surface area contributed by atoms with Crippen LogP contribution in [-0.4, -0.2) is 30.5 Å². The molecule has 0 radical (unpaired) electrons. The molecular formula is C16H18N2O3. The highest BCUT2D eigenvalue weighted by Crippen LogP contribution is 2.34. The number of phenolic OH excluding ortho intramolecular Hbond substituents is 1. The summed E-state index contributed by atoms with van der Waals surface area (Å²) in [5.41, 5.74) is 0.939. The highest BCUT2D eigenvalue weighted by molar-refractivity contribution is 6.09. The van der Waals surface area contributed by atoms with Gasteiger partial charge in [0.25, 0.3) is 5.91 Å². The molecular weight excluding hydrogens is 268 g/mol. The van der Waals surface area contributed by atoms with E-state index in [2.05, 4.69) is 5.32 Å². The number of aromatic hydroxyl groups is 1. The van der Waals surface area contributed by atoms with E-state index in [1.54, 1.807) is 29.2 Å². The second-order valence-electron chi connectivity index (χ2n) is 4.68. The second kappa shape index (κ2) is 5.83. The number of phenols is 1. The SMILES string of the molecule is CCN(C(C)=O)c1cccc2c(O)c(C(=O)NC)ccc12. The molecule has 0 unspecified atom stereocenters. The van der Waals surface area contributed by atoms with Gasteiger partial charge in [-0.15, -0.1) is 0 Å². The maximum absolute atomic E-state index is 11.7. The van der Waals surface area contributed by atoms with Gasteiger partial charge in [0.2, 0.25) is 5.91 Å². The van der Waals surface area contributed by atoms with Crippen LogP contribution in [0, 0.1) is 0 Å². The van der Waals surface area contributed by atoms with Gasteiger partial charge >= 0.3 is 0 Å². The van der Waals surface area contributed by atoms with Crippen LogP contribution in [0.1, 0.15) is 24.2 Å². The largest absolute Gasteiger partial charge is 0.506 e. The van der Waals surface area contributed by atoms with E-state index in [9.17, 15) is 14.7 Å². The van der Waals surface area contributed by atoms with E-state index in [1.165, 1.54) is 14.0 Å². The summed E-state index contributed by atoms with van der Waals surface area (Å²) in [4.78, 5) is 25.1. The molecule has 110 valence electrons. The van der Waals surface area contributed by atoms with Crippen molar-refractivity contribution in [3.63, 3.8) is 0 Å². The van der Waals surface area contributed by atoms with Crippen LogP contribution < -0.4 is 10.2 Å². The summed E-state index contributed by atoms with van der Waals surface area (Å²) in [7, 11) is 1.51. The number of nitrogens with one attached hydrogen (secondary N) is 1. The van der Waals surface area contributed by atoms with E-state index in [-0.39, 0.29) is 23.1 Å². The molecule has 0 aliphatic carbocycles. The number of nitrogens with zero attached hydrogens (tertiary/aromatic N) is 1. The van der Waals surface area contributed by atoms with Crippen molar-refractivity contribution in [1.29, 1.82) is 0 Å². The Morgan fingerprint density at radius 2 is 1.90 bits per heavy atom. The van der Waals surface area contributed by atoms with E-state index < -0.39 is 0 Å². The van der Waals surface area contributed by atoms with E-state index in [1.807, 2.05) is 13.0 Å². The molecule has 2 amide bonds. The van der Waals surface area contributed by atoms with Gasteiger partial charge in [-0.3, -0.25) is 9.59 Å². The molecule has 5 nitrogen and oxygen atoms in total. The molecule has 2 rings (SSSR count). The first-order valence-corrected chi connectivity index (χ1v) is 6.76. The number of hydrogen-bond donors (Lipinski definition) is 2. The Labute approximate surface area is 123 Å². The Kier molecular flexibility index (Phi) is 4.12. The van der Waals surface area contributed by atoms with Crippen molar-refractivity contribution in [3.8, 4) is 5.75 Å². The maximum atomic E-state index is 11.7. The number of carbonyl (C=O) groups excluding carboxylic acids is 2. The molecule has 0 bridgehead atoms. The van der Waals surface area contributed by atoms with Crippen LogP contribution in [0.2, 0.25) is 0 Å². The summed E-state index contributed by atoms with van der Waals surface area (Å²) in [6, 6.07) is 8.63. The Balaban J connectivity index is 2.70. The van der Waals surface area contributed by atoms with Crippen molar-refractivity contribution >= 4 is 28.3 Å². The maximum Gasteiger partial charge on any atom is 0.254 e. The number of benzene rings is 2. The summed E-state index contributed by atoms with van der Waals surface area (Å²) in [5, 5.41) is 14.1. The molecule has 0 aromatic heterocycles. The molecule has 0 spiro atoms. The van der Waals surface area contributed by atoms with Gasteiger partial charge in [0, 0.05) is 31.3 Å². The van der Waals surface area contributed by atoms with Gasteiger partial charge < -0.3 is 15.3 Å². The predicted octanol–water partition coefficient (Wildman–Crippen LogP) is 2.28. The minimum absolute atomic E-state index is 0.0696. The first kappa shape index (κ1) is 14.8. The van der Waals surface area contributed by atoms with Crippen molar-refractivity contribution in [2.45, 2.75) is 13.8 Å².